The normalized spacial score (nSPS) is 14.1. The number of carbonyl (C=O) groups excluding carboxylic acids is 1. The number of aryl methyl sites for hydroxylation is 2. The fourth-order valence-electron chi connectivity index (χ4n) is 4.29. The van der Waals surface area contributed by atoms with Crippen LogP contribution >= 0.6 is 23.6 Å². The molecule has 0 aromatic carbocycles. The van der Waals surface area contributed by atoms with E-state index in [1.54, 1.807) is 23.2 Å². The van der Waals surface area contributed by atoms with Gasteiger partial charge in [-0.15, -0.1) is 11.3 Å². The second-order valence-corrected chi connectivity index (χ2v) is 10.0. The van der Waals surface area contributed by atoms with Crippen LogP contribution in [0.3, 0.4) is 0 Å². The van der Waals surface area contributed by atoms with Gasteiger partial charge < -0.3 is 20.0 Å². The number of hydrogen-bond acceptors (Lipinski definition) is 7. The van der Waals surface area contributed by atoms with Crippen LogP contribution in [0.15, 0.2) is 52.6 Å². The van der Waals surface area contributed by atoms with Crippen LogP contribution in [0, 0.1) is 13.8 Å². The van der Waals surface area contributed by atoms with Crippen molar-refractivity contribution in [3.63, 3.8) is 0 Å². The van der Waals surface area contributed by atoms with Gasteiger partial charge in [0, 0.05) is 36.3 Å². The van der Waals surface area contributed by atoms with E-state index in [-0.39, 0.29) is 5.91 Å². The summed E-state index contributed by atoms with van der Waals surface area (Å²) in [6, 6.07) is 9.37. The molecule has 0 atom stereocenters. The van der Waals surface area contributed by atoms with E-state index in [4.69, 9.17) is 16.6 Å². The molecule has 1 amide bonds. The zero-order chi connectivity index (χ0) is 25.1. The number of anilines is 1. The molecule has 186 valence electrons. The fraction of sp³-hybridized carbons (Fsp3) is 0.320. The van der Waals surface area contributed by atoms with E-state index in [9.17, 15) is 4.79 Å². The number of carbonyl (C=O) groups is 1. The average molecular weight is 522 g/mol. The highest BCUT2D eigenvalue weighted by atomic mass is 32.1. The summed E-state index contributed by atoms with van der Waals surface area (Å²) in [5.41, 5.74) is 2.84. The minimum absolute atomic E-state index is 0.256. The lowest BCUT2D eigenvalue weighted by molar-refractivity contribution is 0.102. The second-order valence-electron chi connectivity index (χ2n) is 8.74. The summed E-state index contributed by atoms with van der Waals surface area (Å²) < 4.78 is 7.09. The molecule has 11 heteroatoms. The van der Waals surface area contributed by atoms with Crippen LogP contribution in [-0.4, -0.2) is 48.8 Å². The van der Waals surface area contributed by atoms with Crippen molar-refractivity contribution in [3.8, 4) is 5.82 Å². The monoisotopic (exact) mass is 521 g/mol. The molecule has 5 rings (SSSR count). The highest BCUT2D eigenvalue weighted by Gasteiger charge is 2.25. The van der Waals surface area contributed by atoms with E-state index in [2.05, 4.69) is 30.6 Å². The predicted octanol–water partition coefficient (Wildman–Crippen LogP) is 4.44. The molecule has 9 nitrogen and oxygen atoms in total. The molecule has 0 aliphatic carbocycles. The van der Waals surface area contributed by atoms with E-state index in [0.717, 1.165) is 53.2 Å². The third-order valence-electron chi connectivity index (χ3n) is 6.13. The molecule has 1 aliphatic heterocycles. The summed E-state index contributed by atoms with van der Waals surface area (Å²) in [6.45, 7) is 6.15. The molecule has 1 fully saturated rings. The molecule has 5 heterocycles. The summed E-state index contributed by atoms with van der Waals surface area (Å²) in [5, 5.41) is 14.3. The molecule has 0 spiro atoms. The van der Waals surface area contributed by atoms with Crippen molar-refractivity contribution in [1.82, 2.24) is 30.0 Å². The molecule has 36 heavy (non-hydrogen) atoms. The molecular formula is C25H27N7O2S2. The van der Waals surface area contributed by atoms with E-state index in [0.29, 0.717) is 29.7 Å². The second kappa shape index (κ2) is 10.6. The number of piperidine rings is 1. The van der Waals surface area contributed by atoms with E-state index in [1.165, 1.54) is 11.3 Å². The third-order valence-corrected chi connectivity index (χ3v) is 7.53. The number of nitrogens with zero attached hydrogens (tertiary/aromatic N) is 5. The first-order valence-corrected chi connectivity index (χ1v) is 13.1. The molecule has 1 saturated heterocycles. The van der Waals surface area contributed by atoms with Gasteiger partial charge in [0.25, 0.3) is 5.91 Å². The molecule has 4 aromatic rings. The standard InChI is InChI=1S/C25H27N7O2S2/c1-16-13-17(2)32(30-16)22-20(6-3-9-26-22)28-23(33)21-15-36-24(29-21)18-7-10-31(11-8-18)25(35)27-14-19-5-4-12-34-19/h3-6,9,12-13,15,18H,7-8,10-11,14H2,1-2H3,(H,27,35)(H,28,33). The number of hydrogen-bond donors (Lipinski definition) is 2. The highest BCUT2D eigenvalue weighted by molar-refractivity contribution is 7.80. The number of nitrogens with one attached hydrogen (secondary N) is 2. The summed E-state index contributed by atoms with van der Waals surface area (Å²) in [4.78, 5) is 24.3. The molecular weight excluding hydrogens is 494 g/mol. The SMILES string of the molecule is Cc1cc(C)n(-c2ncccc2NC(=O)c2csc(C3CCN(C(=S)NCc4ccco4)CC3)n2)n1. The molecule has 0 bridgehead atoms. The smallest absolute Gasteiger partial charge is 0.275 e. The van der Waals surface area contributed by atoms with Gasteiger partial charge in [-0.3, -0.25) is 4.79 Å². The third kappa shape index (κ3) is 5.31. The Hall–Kier alpha value is -3.57. The van der Waals surface area contributed by atoms with Crippen molar-refractivity contribution in [2.75, 3.05) is 18.4 Å². The van der Waals surface area contributed by atoms with Crippen molar-refractivity contribution < 1.29 is 9.21 Å². The van der Waals surface area contributed by atoms with Gasteiger partial charge in [0.15, 0.2) is 10.9 Å². The van der Waals surface area contributed by atoms with Crippen LogP contribution in [0.25, 0.3) is 5.82 Å². The first kappa shape index (κ1) is 24.1. The number of thiocarbonyl (C=S) groups is 1. The lowest BCUT2D eigenvalue weighted by Crippen LogP contribution is -2.43. The van der Waals surface area contributed by atoms with Crippen LogP contribution in [-0.2, 0) is 6.54 Å². The molecule has 0 radical (unpaired) electrons. The Morgan fingerprint density at radius 1 is 1.25 bits per heavy atom. The number of thiazole rings is 1. The van der Waals surface area contributed by atoms with Crippen LogP contribution in [0.1, 0.15) is 51.4 Å². The van der Waals surface area contributed by atoms with E-state index < -0.39 is 0 Å². The van der Waals surface area contributed by atoms with Crippen LogP contribution in [0.2, 0.25) is 0 Å². The Labute approximate surface area is 218 Å². The number of aromatic nitrogens is 4. The maximum Gasteiger partial charge on any atom is 0.275 e. The quantitative estimate of drug-likeness (QED) is 0.359. The summed E-state index contributed by atoms with van der Waals surface area (Å²) in [7, 11) is 0. The molecule has 0 unspecified atom stereocenters. The average Bonchev–Trinajstić information content (AvgIpc) is 3.65. The first-order chi connectivity index (χ1) is 17.5. The van der Waals surface area contributed by atoms with Gasteiger partial charge in [0.2, 0.25) is 0 Å². The van der Waals surface area contributed by atoms with Crippen molar-refractivity contribution in [3.05, 3.63) is 76.0 Å². The van der Waals surface area contributed by atoms with Crippen molar-refractivity contribution >= 4 is 40.3 Å². The van der Waals surface area contributed by atoms with Gasteiger partial charge in [-0.25, -0.2) is 14.6 Å². The van der Waals surface area contributed by atoms with Gasteiger partial charge in [-0.1, -0.05) is 0 Å². The van der Waals surface area contributed by atoms with Crippen molar-refractivity contribution in [1.29, 1.82) is 0 Å². The maximum atomic E-state index is 13.0. The zero-order valence-corrected chi connectivity index (χ0v) is 21.7. The molecule has 4 aromatic heterocycles. The van der Waals surface area contributed by atoms with Gasteiger partial charge in [-0.2, -0.15) is 5.10 Å². The summed E-state index contributed by atoms with van der Waals surface area (Å²) in [6.07, 6.45) is 5.21. The minimum Gasteiger partial charge on any atom is -0.467 e. The Kier molecular flexibility index (Phi) is 7.10. The number of likely N-dealkylation sites (tertiary alicyclic amines) is 1. The Bertz CT molecular complexity index is 1350. The summed E-state index contributed by atoms with van der Waals surface area (Å²) >= 11 is 7.09. The van der Waals surface area contributed by atoms with Crippen LogP contribution in [0.5, 0.6) is 0 Å². The van der Waals surface area contributed by atoms with Gasteiger partial charge in [0.1, 0.15) is 11.5 Å². The Balaban J connectivity index is 1.19. The number of rotatable bonds is 6. The number of amides is 1. The Morgan fingerprint density at radius 3 is 2.81 bits per heavy atom. The van der Waals surface area contributed by atoms with E-state index >= 15 is 0 Å². The van der Waals surface area contributed by atoms with Gasteiger partial charge in [0.05, 0.1) is 29.2 Å². The molecule has 0 saturated carbocycles. The van der Waals surface area contributed by atoms with Crippen LogP contribution < -0.4 is 10.6 Å². The fourth-order valence-corrected chi connectivity index (χ4v) is 5.52. The first-order valence-electron chi connectivity index (χ1n) is 11.8. The summed E-state index contributed by atoms with van der Waals surface area (Å²) in [5.74, 6) is 1.49. The maximum absolute atomic E-state index is 13.0. The highest BCUT2D eigenvalue weighted by Crippen LogP contribution is 2.31. The largest absolute Gasteiger partial charge is 0.467 e. The van der Waals surface area contributed by atoms with Gasteiger partial charge in [-0.05, 0) is 69.2 Å². The lowest BCUT2D eigenvalue weighted by atomic mass is 9.98. The molecule has 1 aliphatic rings. The minimum atomic E-state index is -0.256. The lowest BCUT2D eigenvalue weighted by Gasteiger charge is -2.33. The predicted molar refractivity (Wildman–Crippen MR) is 143 cm³/mol. The topological polar surface area (TPSA) is 101 Å². The Morgan fingerprint density at radius 2 is 2.08 bits per heavy atom. The van der Waals surface area contributed by atoms with Gasteiger partial charge >= 0.3 is 0 Å². The van der Waals surface area contributed by atoms with Crippen LogP contribution in [0.4, 0.5) is 5.69 Å². The van der Waals surface area contributed by atoms with Crippen molar-refractivity contribution in [2.24, 2.45) is 0 Å². The van der Waals surface area contributed by atoms with Crippen molar-refractivity contribution in [2.45, 2.75) is 39.2 Å². The number of pyridine rings is 1. The molecule has 2 N–H and O–H groups in total. The number of furan rings is 1. The van der Waals surface area contributed by atoms with E-state index in [1.807, 2.05) is 43.5 Å². The zero-order valence-electron chi connectivity index (χ0n) is 20.1.